The number of hydrogen-bond acceptors (Lipinski definition) is 6. The van der Waals surface area contributed by atoms with Crippen molar-refractivity contribution in [3.63, 3.8) is 0 Å². The van der Waals surface area contributed by atoms with E-state index in [1.165, 1.54) is 12.1 Å². The maximum absolute atomic E-state index is 10.7. The van der Waals surface area contributed by atoms with Gasteiger partial charge >= 0.3 is 0 Å². The number of ether oxygens (including phenoxy) is 1. The highest BCUT2D eigenvalue weighted by molar-refractivity contribution is 9.10. The number of aromatic nitrogens is 2. The fourth-order valence-electron chi connectivity index (χ4n) is 1.52. The number of nitrogens with zero attached hydrogens (tertiary/aromatic N) is 3. The van der Waals surface area contributed by atoms with Gasteiger partial charge < -0.3 is 10.1 Å². The molecule has 1 aromatic carbocycles. The molecule has 8 heteroatoms. The molecule has 0 aliphatic heterocycles. The molecule has 2 aromatic rings. The van der Waals surface area contributed by atoms with E-state index >= 15 is 0 Å². The molecule has 0 saturated carbocycles. The van der Waals surface area contributed by atoms with Crippen LogP contribution in [-0.4, -0.2) is 21.4 Å². The number of nitrogens with one attached hydrogen (secondary N) is 1. The summed E-state index contributed by atoms with van der Waals surface area (Å²) in [6.07, 6.45) is 2.51. The Hall–Kier alpha value is -2.22. The van der Waals surface area contributed by atoms with Gasteiger partial charge in [-0.05, 0) is 28.4 Å². The van der Waals surface area contributed by atoms with E-state index in [9.17, 15) is 10.1 Å². The number of rotatable bonds is 6. The van der Waals surface area contributed by atoms with Crippen molar-refractivity contribution in [3.8, 4) is 11.6 Å². The van der Waals surface area contributed by atoms with Crippen molar-refractivity contribution in [2.75, 3.05) is 11.9 Å². The molecular weight excluding hydrogens is 340 g/mol. The number of nitro groups is 1. The Bertz CT molecular complexity index is 651. The van der Waals surface area contributed by atoms with Crippen molar-refractivity contribution >= 4 is 27.6 Å². The van der Waals surface area contributed by atoms with E-state index in [1.54, 1.807) is 18.3 Å². The maximum Gasteiger partial charge on any atom is 0.273 e. The summed E-state index contributed by atoms with van der Waals surface area (Å²) in [6, 6.07) is 5.92. The molecule has 2 rings (SSSR count). The van der Waals surface area contributed by atoms with Gasteiger partial charge in [-0.25, -0.2) is 4.98 Å². The summed E-state index contributed by atoms with van der Waals surface area (Å²) >= 11 is 3.29. The average molecular weight is 353 g/mol. The molecular formula is C13H13BrN4O3. The first kappa shape index (κ1) is 15.2. The normalized spacial score (nSPS) is 10.2. The lowest BCUT2D eigenvalue weighted by atomic mass is 10.3. The fraction of sp³-hybridized carbons (Fsp3) is 0.231. The molecule has 0 unspecified atom stereocenters. The Morgan fingerprint density at radius 1 is 1.48 bits per heavy atom. The van der Waals surface area contributed by atoms with Crippen molar-refractivity contribution in [1.82, 2.24) is 9.97 Å². The van der Waals surface area contributed by atoms with Crippen LogP contribution in [0.1, 0.15) is 13.3 Å². The summed E-state index contributed by atoms with van der Waals surface area (Å²) in [5.74, 6) is 1.08. The zero-order chi connectivity index (χ0) is 15.2. The maximum atomic E-state index is 10.7. The lowest BCUT2D eigenvalue weighted by Gasteiger charge is -2.08. The van der Waals surface area contributed by atoms with Crippen LogP contribution in [0.2, 0.25) is 0 Å². The van der Waals surface area contributed by atoms with Gasteiger partial charge in [-0.1, -0.05) is 13.0 Å². The monoisotopic (exact) mass is 352 g/mol. The van der Waals surface area contributed by atoms with Gasteiger partial charge in [0.2, 0.25) is 11.8 Å². The van der Waals surface area contributed by atoms with Crippen molar-refractivity contribution in [2.45, 2.75) is 13.3 Å². The second kappa shape index (κ2) is 6.98. The molecule has 1 aromatic heterocycles. The Morgan fingerprint density at radius 2 is 2.29 bits per heavy atom. The number of nitro benzene ring substituents is 1. The molecule has 0 saturated heterocycles. The molecule has 0 radical (unpaired) electrons. The van der Waals surface area contributed by atoms with Gasteiger partial charge in [0.1, 0.15) is 5.75 Å². The molecule has 1 N–H and O–H groups in total. The molecule has 0 atom stereocenters. The molecule has 0 aliphatic rings. The summed E-state index contributed by atoms with van der Waals surface area (Å²) in [5, 5.41) is 13.8. The lowest BCUT2D eigenvalue weighted by molar-refractivity contribution is -0.384. The predicted molar refractivity (Wildman–Crippen MR) is 81.7 cm³/mol. The first-order valence-corrected chi connectivity index (χ1v) is 7.08. The van der Waals surface area contributed by atoms with Gasteiger partial charge in [0, 0.05) is 12.6 Å². The van der Waals surface area contributed by atoms with Gasteiger partial charge in [0.05, 0.1) is 21.7 Å². The Balaban J connectivity index is 2.22. The third-order valence-electron chi connectivity index (χ3n) is 2.49. The summed E-state index contributed by atoms with van der Waals surface area (Å²) in [5.41, 5.74) is -0.0398. The molecule has 0 amide bonds. The van der Waals surface area contributed by atoms with Crippen molar-refractivity contribution < 1.29 is 9.66 Å². The van der Waals surface area contributed by atoms with Crippen molar-refractivity contribution in [2.24, 2.45) is 0 Å². The molecule has 110 valence electrons. The van der Waals surface area contributed by atoms with Gasteiger partial charge in [0.25, 0.3) is 5.69 Å². The zero-order valence-electron chi connectivity index (χ0n) is 11.2. The Morgan fingerprint density at radius 3 is 3.00 bits per heavy atom. The fourth-order valence-corrected chi connectivity index (χ4v) is 1.79. The molecule has 0 aliphatic carbocycles. The van der Waals surface area contributed by atoms with Crippen LogP contribution in [0.15, 0.2) is 34.9 Å². The number of hydrogen-bond donors (Lipinski definition) is 1. The van der Waals surface area contributed by atoms with Gasteiger partial charge in [-0.2, -0.15) is 4.98 Å². The second-order valence-electron chi connectivity index (χ2n) is 4.13. The van der Waals surface area contributed by atoms with E-state index in [4.69, 9.17) is 4.74 Å². The average Bonchev–Trinajstić information content (AvgIpc) is 2.48. The standard InChI is InChI=1S/C13H13BrN4O3/c1-2-6-15-13-16-8-11(14)12(17-13)21-10-5-3-4-9(7-10)18(19)20/h3-5,7-8H,2,6H2,1H3,(H,15,16,17). The highest BCUT2D eigenvalue weighted by atomic mass is 79.9. The summed E-state index contributed by atoms with van der Waals surface area (Å²) in [7, 11) is 0. The highest BCUT2D eigenvalue weighted by Crippen LogP contribution is 2.29. The van der Waals surface area contributed by atoms with Crippen LogP contribution < -0.4 is 10.1 Å². The van der Waals surface area contributed by atoms with Gasteiger partial charge in [-0.15, -0.1) is 0 Å². The van der Waals surface area contributed by atoms with Crippen LogP contribution in [0, 0.1) is 10.1 Å². The first-order valence-electron chi connectivity index (χ1n) is 6.29. The third-order valence-corrected chi connectivity index (χ3v) is 3.03. The minimum Gasteiger partial charge on any atom is -0.437 e. The van der Waals surface area contributed by atoms with E-state index in [0.717, 1.165) is 13.0 Å². The summed E-state index contributed by atoms with van der Waals surface area (Å²) in [4.78, 5) is 18.6. The first-order chi connectivity index (χ1) is 10.1. The van der Waals surface area contributed by atoms with Gasteiger partial charge in [0.15, 0.2) is 0 Å². The topological polar surface area (TPSA) is 90.2 Å². The molecule has 1 heterocycles. The third kappa shape index (κ3) is 4.12. The quantitative estimate of drug-likeness (QED) is 0.628. The molecule has 21 heavy (non-hydrogen) atoms. The van der Waals surface area contributed by atoms with E-state index in [0.29, 0.717) is 22.1 Å². The smallest absolute Gasteiger partial charge is 0.273 e. The van der Waals surface area contributed by atoms with Crippen molar-refractivity contribution in [1.29, 1.82) is 0 Å². The van der Waals surface area contributed by atoms with Crippen LogP contribution in [0.25, 0.3) is 0 Å². The minimum absolute atomic E-state index is 0.0398. The largest absolute Gasteiger partial charge is 0.437 e. The number of anilines is 1. The molecule has 0 spiro atoms. The minimum atomic E-state index is -0.476. The zero-order valence-corrected chi connectivity index (χ0v) is 12.8. The van der Waals surface area contributed by atoms with Crippen LogP contribution >= 0.6 is 15.9 Å². The number of halogens is 1. The highest BCUT2D eigenvalue weighted by Gasteiger charge is 2.11. The Labute approximate surface area is 129 Å². The van der Waals surface area contributed by atoms with E-state index in [-0.39, 0.29) is 5.69 Å². The Kier molecular flexibility index (Phi) is 5.04. The van der Waals surface area contributed by atoms with E-state index in [2.05, 4.69) is 31.2 Å². The lowest BCUT2D eigenvalue weighted by Crippen LogP contribution is -2.05. The summed E-state index contributed by atoms with van der Waals surface area (Å²) in [6.45, 7) is 2.78. The SMILES string of the molecule is CCCNc1ncc(Br)c(Oc2cccc([N+](=O)[O-])c2)n1. The van der Waals surface area contributed by atoms with Crippen LogP contribution in [0.5, 0.6) is 11.6 Å². The van der Waals surface area contributed by atoms with Crippen LogP contribution in [0.3, 0.4) is 0 Å². The number of benzene rings is 1. The molecule has 0 fully saturated rings. The second-order valence-corrected chi connectivity index (χ2v) is 4.98. The summed E-state index contributed by atoms with van der Waals surface area (Å²) < 4.78 is 6.14. The van der Waals surface area contributed by atoms with Crippen molar-refractivity contribution in [3.05, 3.63) is 45.0 Å². The van der Waals surface area contributed by atoms with E-state index < -0.39 is 4.92 Å². The van der Waals surface area contributed by atoms with E-state index in [1.807, 2.05) is 6.92 Å². The predicted octanol–water partition coefficient (Wildman–Crippen LogP) is 3.76. The van der Waals surface area contributed by atoms with Gasteiger partial charge in [-0.3, -0.25) is 10.1 Å². The molecule has 7 nitrogen and oxygen atoms in total. The molecule has 0 bridgehead atoms. The number of non-ortho nitro benzene ring substituents is 1. The van der Waals surface area contributed by atoms with Crippen LogP contribution in [0.4, 0.5) is 11.6 Å². The van der Waals surface area contributed by atoms with Crippen LogP contribution in [-0.2, 0) is 0 Å².